The summed E-state index contributed by atoms with van der Waals surface area (Å²) in [6.07, 6.45) is 0.861. The summed E-state index contributed by atoms with van der Waals surface area (Å²) < 4.78 is 0. The predicted molar refractivity (Wildman–Crippen MR) is 110 cm³/mol. The fraction of sp³-hybridized carbons (Fsp3) is 0.364. The summed E-state index contributed by atoms with van der Waals surface area (Å²) in [5.41, 5.74) is 6.78. The van der Waals surface area contributed by atoms with Gasteiger partial charge in [0, 0.05) is 36.3 Å². The number of aromatic amines is 1. The summed E-state index contributed by atoms with van der Waals surface area (Å²) >= 11 is 0. The summed E-state index contributed by atoms with van der Waals surface area (Å²) in [7, 11) is 0. The Labute approximate surface area is 168 Å². The third-order valence-electron chi connectivity index (χ3n) is 5.09. The van der Waals surface area contributed by atoms with Crippen LogP contribution in [-0.4, -0.2) is 29.1 Å². The normalized spacial score (nSPS) is 14.9. The van der Waals surface area contributed by atoms with E-state index in [0.29, 0.717) is 29.8 Å². The van der Waals surface area contributed by atoms with Crippen molar-refractivity contribution in [3.05, 3.63) is 63.1 Å². The maximum Gasteiger partial charge on any atom is 0.263 e. The number of nitrogens with two attached hydrogens (primary N) is 1. The smallest absolute Gasteiger partial charge is 0.263 e. The Morgan fingerprint density at radius 2 is 1.90 bits per heavy atom. The van der Waals surface area contributed by atoms with E-state index in [1.807, 2.05) is 26.8 Å². The van der Waals surface area contributed by atoms with E-state index < -0.39 is 17.4 Å². The molecule has 0 unspecified atom stereocenters. The molecule has 1 heterocycles. The van der Waals surface area contributed by atoms with Crippen LogP contribution >= 0.6 is 0 Å². The number of rotatable bonds is 5. The third kappa shape index (κ3) is 4.45. The second kappa shape index (κ2) is 7.66. The SMILES string of the molecule is Cc1cccc(N(CCC(N)=O)C(=O)c2cc3c([nH]c2=O)CC(C)(C)CC3=O)c1. The summed E-state index contributed by atoms with van der Waals surface area (Å²) in [6.45, 7) is 5.85. The quantitative estimate of drug-likeness (QED) is 0.809. The van der Waals surface area contributed by atoms with Crippen LogP contribution < -0.4 is 16.2 Å². The first kappa shape index (κ1) is 20.5. The van der Waals surface area contributed by atoms with Crippen LogP contribution in [0.1, 0.15) is 58.7 Å². The molecule has 1 aliphatic rings. The predicted octanol–water partition coefficient (Wildman–Crippen LogP) is 2.36. The van der Waals surface area contributed by atoms with Gasteiger partial charge in [0.1, 0.15) is 5.56 Å². The van der Waals surface area contributed by atoms with Gasteiger partial charge in [0.15, 0.2) is 5.78 Å². The summed E-state index contributed by atoms with van der Waals surface area (Å²) in [4.78, 5) is 53.9. The van der Waals surface area contributed by atoms with Gasteiger partial charge in [-0.3, -0.25) is 19.2 Å². The van der Waals surface area contributed by atoms with Gasteiger partial charge >= 0.3 is 0 Å². The first-order valence-corrected chi connectivity index (χ1v) is 9.54. The van der Waals surface area contributed by atoms with Gasteiger partial charge < -0.3 is 15.6 Å². The average molecular weight is 395 g/mol. The second-order valence-electron chi connectivity index (χ2n) is 8.36. The van der Waals surface area contributed by atoms with Gasteiger partial charge in [-0.1, -0.05) is 26.0 Å². The highest BCUT2D eigenvalue weighted by Gasteiger charge is 2.33. The van der Waals surface area contributed by atoms with Gasteiger partial charge in [-0.25, -0.2) is 0 Å². The van der Waals surface area contributed by atoms with E-state index in [2.05, 4.69) is 4.98 Å². The second-order valence-corrected chi connectivity index (χ2v) is 8.36. The largest absolute Gasteiger partial charge is 0.370 e. The van der Waals surface area contributed by atoms with E-state index in [0.717, 1.165) is 5.56 Å². The van der Waals surface area contributed by atoms with Crippen LogP contribution in [0.15, 0.2) is 35.1 Å². The number of nitrogens with zero attached hydrogens (tertiary/aromatic N) is 1. The zero-order chi connectivity index (χ0) is 21.3. The van der Waals surface area contributed by atoms with E-state index in [1.54, 1.807) is 18.2 Å². The van der Waals surface area contributed by atoms with Crippen molar-refractivity contribution in [2.45, 2.75) is 40.0 Å². The number of anilines is 1. The van der Waals surface area contributed by atoms with Gasteiger partial charge in [-0.05, 0) is 42.5 Å². The van der Waals surface area contributed by atoms with Crippen LogP contribution in [0.3, 0.4) is 0 Å². The van der Waals surface area contributed by atoms with Crippen molar-refractivity contribution in [2.24, 2.45) is 11.1 Å². The maximum absolute atomic E-state index is 13.3. The number of amides is 2. The monoisotopic (exact) mass is 395 g/mol. The molecule has 0 bridgehead atoms. The van der Waals surface area contributed by atoms with Crippen molar-refractivity contribution in [2.75, 3.05) is 11.4 Å². The number of pyridine rings is 1. The Morgan fingerprint density at radius 1 is 1.17 bits per heavy atom. The number of Topliss-reactive ketones (excluding diaryl/α,β-unsaturated/α-hetero) is 1. The van der Waals surface area contributed by atoms with Crippen molar-refractivity contribution < 1.29 is 14.4 Å². The number of H-pyrrole nitrogens is 1. The van der Waals surface area contributed by atoms with Crippen LogP contribution in [0.2, 0.25) is 0 Å². The lowest BCUT2D eigenvalue weighted by molar-refractivity contribution is -0.117. The molecule has 1 aromatic carbocycles. The molecule has 152 valence electrons. The van der Waals surface area contributed by atoms with E-state index in [-0.39, 0.29) is 29.7 Å². The molecule has 2 aromatic rings. The molecule has 2 amide bonds. The topological polar surface area (TPSA) is 113 Å². The van der Waals surface area contributed by atoms with Crippen LogP contribution in [0, 0.1) is 12.3 Å². The van der Waals surface area contributed by atoms with Crippen molar-refractivity contribution >= 4 is 23.3 Å². The summed E-state index contributed by atoms with van der Waals surface area (Å²) in [5, 5.41) is 0. The fourth-order valence-corrected chi connectivity index (χ4v) is 3.70. The highest BCUT2D eigenvalue weighted by atomic mass is 16.2. The fourth-order valence-electron chi connectivity index (χ4n) is 3.70. The zero-order valence-electron chi connectivity index (χ0n) is 16.9. The van der Waals surface area contributed by atoms with Crippen molar-refractivity contribution in [3.8, 4) is 0 Å². The number of carbonyl (C=O) groups is 3. The third-order valence-corrected chi connectivity index (χ3v) is 5.09. The number of hydrogen-bond donors (Lipinski definition) is 2. The highest BCUT2D eigenvalue weighted by molar-refractivity contribution is 6.08. The minimum Gasteiger partial charge on any atom is -0.370 e. The molecule has 3 rings (SSSR count). The number of aryl methyl sites for hydroxylation is 1. The van der Waals surface area contributed by atoms with Gasteiger partial charge in [-0.2, -0.15) is 0 Å². The molecule has 0 fully saturated rings. The molecule has 0 aliphatic heterocycles. The summed E-state index contributed by atoms with van der Waals surface area (Å²) in [6, 6.07) is 8.58. The van der Waals surface area contributed by atoms with Gasteiger partial charge in [-0.15, -0.1) is 0 Å². The molecule has 29 heavy (non-hydrogen) atoms. The van der Waals surface area contributed by atoms with E-state index in [1.165, 1.54) is 11.0 Å². The first-order valence-electron chi connectivity index (χ1n) is 9.54. The summed E-state index contributed by atoms with van der Waals surface area (Å²) in [5.74, 6) is -1.22. The van der Waals surface area contributed by atoms with Crippen LogP contribution in [0.25, 0.3) is 0 Å². The molecule has 7 heteroatoms. The Bertz CT molecular complexity index is 1050. The van der Waals surface area contributed by atoms with Crippen LogP contribution in [0.5, 0.6) is 0 Å². The lowest BCUT2D eigenvalue weighted by Gasteiger charge is -2.30. The molecule has 0 saturated carbocycles. The molecule has 0 spiro atoms. The molecule has 7 nitrogen and oxygen atoms in total. The zero-order valence-corrected chi connectivity index (χ0v) is 16.9. The Hall–Kier alpha value is -3.22. The van der Waals surface area contributed by atoms with Gasteiger partial charge in [0.25, 0.3) is 11.5 Å². The molecule has 0 atom stereocenters. The molecule has 0 radical (unpaired) electrons. The number of nitrogens with one attached hydrogen (secondary N) is 1. The Balaban J connectivity index is 2.04. The average Bonchev–Trinajstić information content (AvgIpc) is 2.60. The van der Waals surface area contributed by atoms with Crippen molar-refractivity contribution in [1.82, 2.24) is 4.98 Å². The molecule has 1 aliphatic carbocycles. The van der Waals surface area contributed by atoms with Gasteiger partial charge in [0.05, 0.1) is 0 Å². The molecule has 1 aromatic heterocycles. The first-order chi connectivity index (χ1) is 13.6. The Kier molecular flexibility index (Phi) is 5.42. The van der Waals surface area contributed by atoms with Gasteiger partial charge in [0.2, 0.25) is 5.91 Å². The standard InChI is InChI=1S/C22H25N3O4/c1-13-5-4-6-14(9-13)25(8-7-19(23)27)21(29)16-10-15-17(24-20(16)28)11-22(2,3)12-18(15)26/h4-6,9-10H,7-8,11-12H2,1-3H3,(H2,23,27)(H,24,28). The Morgan fingerprint density at radius 3 is 2.55 bits per heavy atom. The van der Waals surface area contributed by atoms with Crippen molar-refractivity contribution in [3.63, 3.8) is 0 Å². The number of hydrogen-bond acceptors (Lipinski definition) is 4. The molecule has 3 N–H and O–H groups in total. The molecular formula is C22H25N3O4. The minimum atomic E-state index is -0.571. The number of aromatic nitrogens is 1. The molecule has 0 saturated heterocycles. The van der Waals surface area contributed by atoms with E-state index in [4.69, 9.17) is 5.73 Å². The van der Waals surface area contributed by atoms with Crippen LogP contribution in [-0.2, 0) is 11.2 Å². The van der Waals surface area contributed by atoms with Crippen LogP contribution in [0.4, 0.5) is 5.69 Å². The lowest BCUT2D eigenvalue weighted by Crippen LogP contribution is -2.38. The number of carbonyl (C=O) groups excluding carboxylic acids is 3. The highest BCUT2D eigenvalue weighted by Crippen LogP contribution is 2.33. The number of benzene rings is 1. The van der Waals surface area contributed by atoms with Crippen molar-refractivity contribution in [1.29, 1.82) is 0 Å². The lowest BCUT2D eigenvalue weighted by atomic mass is 9.75. The minimum absolute atomic E-state index is 0.0368. The number of primary amides is 1. The van der Waals surface area contributed by atoms with E-state index >= 15 is 0 Å². The number of ketones is 1. The maximum atomic E-state index is 13.3. The number of fused-ring (bicyclic) bond motifs is 1. The van der Waals surface area contributed by atoms with E-state index in [9.17, 15) is 19.2 Å². The molecular weight excluding hydrogens is 370 g/mol.